The molecule has 1 spiro atoms. The van der Waals surface area contributed by atoms with Crippen LogP contribution in [0.3, 0.4) is 0 Å². The summed E-state index contributed by atoms with van der Waals surface area (Å²) in [7, 11) is 3.12. The molecule has 30 heavy (non-hydrogen) atoms. The number of nitrogens with one attached hydrogen (secondary N) is 1. The first-order valence-electron chi connectivity index (χ1n) is 10.1. The summed E-state index contributed by atoms with van der Waals surface area (Å²) in [5, 5.41) is 15.5. The number of methoxy groups -OCH3 is 2. The average molecular weight is 409 g/mol. The molecule has 0 aliphatic carbocycles. The van der Waals surface area contributed by atoms with E-state index in [4.69, 9.17) is 9.47 Å². The SMILES string of the molecule is COc1ccc(OC)c([C@@H]2[C@@H]3CCCN3[C@]3(C(=O)Nc4ccccc43)[C@@H]2[N+](=O)[O-])c1. The highest BCUT2D eigenvalue weighted by molar-refractivity contribution is 6.07. The Kier molecular flexibility index (Phi) is 4.21. The van der Waals surface area contributed by atoms with E-state index in [2.05, 4.69) is 10.2 Å². The fourth-order valence-corrected chi connectivity index (χ4v) is 5.85. The molecule has 1 amide bonds. The van der Waals surface area contributed by atoms with Gasteiger partial charge in [0, 0.05) is 34.3 Å². The molecule has 0 radical (unpaired) electrons. The Morgan fingerprint density at radius 1 is 1.20 bits per heavy atom. The van der Waals surface area contributed by atoms with Gasteiger partial charge in [0.05, 0.1) is 20.1 Å². The number of nitro groups is 1. The van der Waals surface area contributed by atoms with Crippen LogP contribution in [0.4, 0.5) is 5.69 Å². The van der Waals surface area contributed by atoms with Crippen molar-refractivity contribution in [2.75, 3.05) is 26.1 Å². The highest BCUT2D eigenvalue weighted by Crippen LogP contribution is 2.59. The molecule has 2 aromatic carbocycles. The van der Waals surface area contributed by atoms with Crippen LogP contribution in [0.25, 0.3) is 0 Å². The van der Waals surface area contributed by atoms with E-state index < -0.39 is 17.5 Å². The van der Waals surface area contributed by atoms with Crippen LogP contribution in [0.15, 0.2) is 42.5 Å². The maximum atomic E-state index is 13.5. The number of ether oxygens (including phenoxy) is 2. The van der Waals surface area contributed by atoms with Gasteiger partial charge < -0.3 is 14.8 Å². The third kappa shape index (κ3) is 2.28. The Labute approximate surface area is 173 Å². The van der Waals surface area contributed by atoms with E-state index >= 15 is 0 Å². The number of benzene rings is 2. The second-order valence-corrected chi connectivity index (χ2v) is 8.03. The summed E-state index contributed by atoms with van der Waals surface area (Å²) in [6.45, 7) is 0.638. The van der Waals surface area contributed by atoms with Crippen LogP contribution in [-0.4, -0.2) is 48.6 Å². The number of hydrogen-bond donors (Lipinski definition) is 1. The molecule has 1 N–H and O–H groups in total. The minimum Gasteiger partial charge on any atom is -0.497 e. The number of carbonyl (C=O) groups is 1. The predicted molar refractivity (Wildman–Crippen MR) is 110 cm³/mol. The zero-order valence-corrected chi connectivity index (χ0v) is 16.8. The van der Waals surface area contributed by atoms with Gasteiger partial charge in [-0.05, 0) is 37.1 Å². The minimum atomic E-state index is -1.33. The van der Waals surface area contributed by atoms with Gasteiger partial charge in [0.25, 0.3) is 11.9 Å². The number of fused-ring (bicyclic) bond motifs is 4. The largest absolute Gasteiger partial charge is 0.497 e. The van der Waals surface area contributed by atoms with Gasteiger partial charge in [-0.3, -0.25) is 19.8 Å². The van der Waals surface area contributed by atoms with E-state index in [1.807, 2.05) is 30.3 Å². The first-order valence-corrected chi connectivity index (χ1v) is 10.1. The van der Waals surface area contributed by atoms with Crippen LogP contribution in [0.5, 0.6) is 11.5 Å². The lowest BCUT2D eigenvalue weighted by atomic mass is 9.77. The van der Waals surface area contributed by atoms with Gasteiger partial charge in [0.15, 0.2) is 5.54 Å². The van der Waals surface area contributed by atoms with Gasteiger partial charge in [0.1, 0.15) is 11.5 Å². The average Bonchev–Trinajstić information content (AvgIpc) is 3.41. The molecule has 0 bridgehead atoms. The van der Waals surface area contributed by atoms with Crippen molar-refractivity contribution >= 4 is 11.6 Å². The molecule has 2 aromatic rings. The lowest BCUT2D eigenvalue weighted by Crippen LogP contribution is -2.55. The molecule has 3 heterocycles. The normalized spacial score (nSPS) is 29.5. The summed E-state index contributed by atoms with van der Waals surface area (Å²) in [6, 6.07) is 11.4. The van der Waals surface area contributed by atoms with Crippen LogP contribution < -0.4 is 14.8 Å². The molecule has 2 fully saturated rings. The van der Waals surface area contributed by atoms with E-state index in [0.717, 1.165) is 12.8 Å². The van der Waals surface area contributed by atoms with Crippen molar-refractivity contribution in [1.29, 1.82) is 0 Å². The molecule has 0 aromatic heterocycles. The van der Waals surface area contributed by atoms with Crippen LogP contribution in [0, 0.1) is 10.1 Å². The van der Waals surface area contributed by atoms with Gasteiger partial charge in [-0.25, -0.2) is 0 Å². The molecule has 156 valence electrons. The van der Waals surface area contributed by atoms with Gasteiger partial charge in [-0.2, -0.15) is 0 Å². The summed E-state index contributed by atoms with van der Waals surface area (Å²) in [5.41, 5.74) is 0.718. The molecule has 4 atom stereocenters. The van der Waals surface area contributed by atoms with Crippen molar-refractivity contribution in [2.24, 2.45) is 0 Å². The van der Waals surface area contributed by atoms with Crippen molar-refractivity contribution in [3.63, 3.8) is 0 Å². The second kappa shape index (κ2) is 6.70. The van der Waals surface area contributed by atoms with Crippen LogP contribution in [-0.2, 0) is 10.3 Å². The maximum Gasteiger partial charge on any atom is 0.256 e. The fraction of sp³-hybridized carbons (Fsp3) is 0.409. The Morgan fingerprint density at radius 2 is 2.00 bits per heavy atom. The summed E-state index contributed by atoms with van der Waals surface area (Å²) in [6.07, 6.45) is 1.67. The number of rotatable bonds is 4. The molecule has 8 nitrogen and oxygen atoms in total. The summed E-state index contributed by atoms with van der Waals surface area (Å²) < 4.78 is 11.0. The summed E-state index contributed by atoms with van der Waals surface area (Å²) in [5.74, 6) is 0.351. The second-order valence-electron chi connectivity index (χ2n) is 8.03. The monoisotopic (exact) mass is 409 g/mol. The zero-order valence-electron chi connectivity index (χ0n) is 16.8. The van der Waals surface area contributed by atoms with E-state index in [1.54, 1.807) is 26.4 Å². The maximum absolute atomic E-state index is 13.5. The molecular weight excluding hydrogens is 386 g/mol. The smallest absolute Gasteiger partial charge is 0.256 e. The topological polar surface area (TPSA) is 93.9 Å². The quantitative estimate of drug-likeness (QED) is 0.617. The first kappa shape index (κ1) is 18.9. The van der Waals surface area contributed by atoms with E-state index in [1.165, 1.54) is 0 Å². The molecule has 0 saturated carbocycles. The molecule has 5 rings (SSSR count). The van der Waals surface area contributed by atoms with Crippen molar-refractivity contribution in [3.8, 4) is 11.5 Å². The third-order valence-corrected chi connectivity index (χ3v) is 6.89. The van der Waals surface area contributed by atoms with Gasteiger partial charge in [-0.1, -0.05) is 18.2 Å². The van der Waals surface area contributed by atoms with E-state index in [9.17, 15) is 14.9 Å². The first-order chi connectivity index (χ1) is 14.5. The fourth-order valence-electron chi connectivity index (χ4n) is 5.85. The Bertz CT molecular complexity index is 1040. The number of nitrogens with zero attached hydrogens (tertiary/aromatic N) is 2. The molecule has 3 aliphatic heterocycles. The molecule has 8 heteroatoms. The third-order valence-electron chi connectivity index (χ3n) is 6.89. The molecule has 3 aliphatic rings. The van der Waals surface area contributed by atoms with Crippen LogP contribution in [0.2, 0.25) is 0 Å². The van der Waals surface area contributed by atoms with Gasteiger partial charge >= 0.3 is 0 Å². The summed E-state index contributed by atoms with van der Waals surface area (Å²) >= 11 is 0. The number of anilines is 1. The number of hydrogen-bond acceptors (Lipinski definition) is 6. The van der Waals surface area contributed by atoms with Crippen molar-refractivity contribution < 1.29 is 19.2 Å². The number of amides is 1. The zero-order chi connectivity index (χ0) is 21.0. The Hall–Kier alpha value is -3.13. The predicted octanol–water partition coefficient (Wildman–Crippen LogP) is 2.76. The number of para-hydroxylation sites is 1. The summed E-state index contributed by atoms with van der Waals surface area (Å²) in [4.78, 5) is 27.9. The molecular formula is C22H23N3O5. The molecule has 2 saturated heterocycles. The highest BCUT2D eigenvalue weighted by atomic mass is 16.6. The molecule has 0 unspecified atom stereocenters. The number of carbonyl (C=O) groups excluding carboxylic acids is 1. The Balaban J connectivity index is 1.77. The minimum absolute atomic E-state index is 0.140. The lowest BCUT2D eigenvalue weighted by molar-refractivity contribution is -0.534. The van der Waals surface area contributed by atoms with Crippen LogP contribution in [0.1, 0.15) is 29.9 Å². The van der Waals surface area contributed by atoms with Gasteiger partial charge in [0.2, 0.25) is 0 Å². The van der Waals surface area contributed by atoms with Crippen molar-refractivity contribution in [3.05, 3.63) is 63.7 Å². The standard InChI is InChI=1S/C22H23N3O5/c1-29-13-9-10-18(30-2)14(12-13)19-17-8-5-11-24(17)22(20(19)25(27)28)15-6-3-4-7-16(15)23-21(22)26/h3-4,6-7,9-10,12,17,19-20H,5,8,11H2,1-2H3,(H,23,26)/t17-,19+,20+,22-/m0/s1. The van der Waals surface area contributed by atoms with E-state index in [-0.39, 0.29) is 16.9 Å². The van der Waals surface area contributed by atoms with Crippen molar-refractivity contribution in [2.45, 2.75) is 36.4 Å². The Morgan fingerprint density at radius 3 is 2.73 bits per heavy atom. The van der Waals surface area contributed by atoms with E-state index in [0.29, 0.717) is 34.9 Å². The lowest BCUT2D eigenvalue weighted by Gasteiger charge is -2.32. The van der Waals surface area contributed by atoms with Crippen molar-refractivity contribution in [1.82, 2.24) is 4.90 Å². The van der Waals surface area contributed by atoms with Gasteiger partial charge in [-0.15, -0.1) is 0 Å². The highest BCUT2D eigenvalue weighted by Gasteiger charge is 2.73. The van der Waals surface area contributed by atoms with Crippen LogP contribution >= 0.6 is 0 Å².